The minimum absolute atomic E-state index is 0.0136. The van der Waals surface area contributed by atoms with Gasteiger partial charge < -0.3 is 10.6 Å². The Labute approximate surface area is 182 Å². The molecular formula is C23H27N3O4S. The quantitative estimate of drug-likeness (QED) is 0.712. The maximum absolute atomic E-state index is 13.0. The van der Waals surface area contributed by atoms with Gasteiger partial charge in [0.1, 0.15) is 0 Å². The first-order chi connectivity index (χ1) is 14.9. The first-order valence-corrected chi connectivity index (χ1v) is 12.2. The molecule has 164 valence electrons. The van der Waals surface area contributed by atoms with Crippen LogP contribution in [0.25, 0.3) is 0 Å². The summed E-state index contributed by atoms with van der Waals surface area (Å²) in [4.78, 5) is 24.6. The zero-order valence-corrected chi connectivity index (χ0v) is 18.2. The molecule has 0 aromatic heterocycles. The Morgan fingerprint density at radius 1 is 0.839 bits per heavy atom. The smallest absolute Gasteiger partial charge is 0.255 e. The van der Waals surface area contributed by atoms with Crippen LogP contribution in [0.5, 0.6) is 0 Å². The number of benzene rings is 2. The molecule has 2 N–H and O–H groups in total. The maximum Gasteiger partial charge on any atom is 0.255 e. The van der Waals surface area contributed by atoms with Gasteiger partial charge in [-0.15, -0.1) is 0 Å². The largest absolute Gasteiger partial charge is 0.326 e. The van der Waals surface area contributed by atoms with E-state index in [1.807, 2.05) is 0 Å². The van der Waals surface area contributed by atoms with E-state index in [2.05, 4.69) is 10.6 Å². The van der Waals surface area contributed by atoms with Crippen LogP contribution in [-0.4, -0.2) is 37.6 Å². The van der Waals surface area contributed by atoms with E-state index in [9.17, 15) is 18.0 Å². The molecule has 2 fully saturated rings. The average Bonchev–Trinajstić information content (AvgIpc) is 3.61. The molecule has 1 saturated heterocycles. The summed E-state index contributed by atoms with van der Waals surface area (Å²) < 4.78 is 27.5. The van der Waals surface area contributed by atoms with Gasteiger partial charge in [-0.3, -0.25) is 9.59 Å². The Morgan fingerprint density at radius 2 is 1.52 bits per heavy atom. The third kappa shape index (κ3) is 5.32. The van der Waals surface area contributed by atoms with Crippen molar-refractivity contribution in [2.24, 2.45) is 5.92 Å². The van der Waals surface area contributed by atoms with Crippen molar-refractivity contribution in [2.75, 3.05) is 23.7 Å². The number of sulfonamides is 1. The summed E-state index contributed by atoms with van der Waals surface area (Å²) in [5.74, 6) is -0.218. The molecular weight excluding hydrogens is 414 g/mol. The van der Waals surface area contributed by atoms with E-state index in [1.54, 1.807) is 42.5 Å². The van der Waals surface area contributed by atoms with E-state index in [0.29, 0.717) is 30.0 Å². The highest BCUT2D eigenvalue weighted by atomic mass is 32.2. The van der Waals surface area contributed by atoms with Gasteiger partial charge in [-0.25, -0.2) is 8.42 Å². The number of amides is 2. The van der Waals surface area contributed by atoms with Crippen molar-refractivity contribution >= 4 is 33.2 Å². The molecule has 8 heteroatoms. The van der Waals surface area contributed by atoms with Gasteiger partial charge >= 0.3 is 0 Å². The summed E-state index contributed by atoms with van der Waals surface area (Å²) in [5.41, 5.74) is 1.50. The molecule has 0 spiro atoms. The van der Waals surface area contributed by atoms with Gasteiger partial charge in [0, 0.05) is 35.9 Å². The topological polar surface area (TPSA) is 95.6 Å². The Hall–Kier alpha value is -2.71. The Morgan fingerprint density at radius 3 is 2.16 bits per heavy atom. The summed E-state index contributed by atoms with van der Waals surface area (Å²) in [6, 6.07) is 13.0. The summed E-state index contributed by atoms with van der Waals surface area (Å²) in [6.45, 7) is 1.06. The molecule has 2 aromatic carbocycles. The molecule has 1 saturated carbocycles. The lowest BCUT2D eigenvalue weighted by Gasteiger charge is -2.20. The number of rotatable bonds is 6. The van der Waals surface area contributed by atoms with Crippen molar-refractivity contribution < 1.29 is 18.0 Å². The molecule has 4 rings (SSSR count). The summed E-state index contributed by atoms with van der Waals surface area (Å²) >= 11 is 0. The zero-order chi connectivity index (χ0) is 21.8. The molecule has 1 aliphatic carbocycles. The lowest BCUT2D eigenvalue weighted by molar-refractivity contribution is -0.117. The molecule has 0 atom stereocenters. The number of hydrogen-bond acceptors (Lipinski definition) is 4. The SMILES string of the molecule is O=C(Nc1cccc(S(=O)(=O)N2CCCCCC2)c1)c1ccc(NC(=O)C2CC2)cc1. The minimum Gasteiger partial charge on any atom is -0.326 e. The fourth-order valence-electron chi connectivity index (χ4n) is 3.66. The highest BCUT2D eigenvalue weighted by Crippen LogP contribution is 2.30. The van der Waals surface area contributed by atoms with Crippen LogP contribution in [0, 0.1) is 5.92 Å². The molecule has 0 unspecified atom stereocenters. The second-order valence-electron chi connectivity index (χ2n) is 8.14. The predicted octanol–water partition coefficient (Wildman–Crippen LogP) is 3.85. The van der Waals surface area contributed by atoms with Crippen LogP contribution in [0.2, 0.25) is 0 Å². The first kappa shape index (κ1) is 21.5. The zero-order valence-electron chi connectivity index (χ0n) is 17.3. The van der Waals surface area contributed by atoms with Crippen LogP contribution in [-0.2, 0) is 14.8 Å². The van der Waals surface area contributed by atoms with Crippen molar-refractivity contribution in [3.63, 3.8) is 0 Å². The fourth-order valence-corrected chi connectivity index (χ4v) is 5.23. The standard InChI is InChI=1S/C23H27N3O4S/c27-22(17-8-9-17)24-19-12-10-18(11-13-19)23(28)25-20-6-5-7-21(16-20)31(29,30)26-14-3-1-2-4-15-26/h5-7,10-13,16-17H,1-4,8-9,14-15H2,(H,24,27)(H,25,28). The monoisotopic (exact) mass is 441 g/mol. The van der Waals surface area contributed by atoms with Gasteiger partial charge in [-0.2, -0.15) is 4.31 Å². The minimum atomic E-state index is -3.59. The Balaban J connectivity index is 1.43. The van der Waals surface area contributed by atoms with E-state index in [0.717, 1.165) is 38.5 Å². The van der Waals surface area contributed by atoms with Gasteiger partial charge in [-0.05, 0) is 68.1 Å². The number of anilines is 2. The molecule has 0 bridgehead atoms. The van der Waals surface area contributed by atoms with Gasteiger partial charge in [-0.1, -0.05) is 18.9 Å². The molecule has 7 nitrogen and oxygen atoms in total. The fraction of sp³-hybridized carbons (Fsp3) is 0.391. The van der Waals surface area contributed by atoms with Gasteiger partial charge in [0.15, 0.2) is 0 Å². The van der Waals surface area contributed by atoms with E-state index >= 15 is 0 Å². The molecule has 2 aromatic rings. The van der Waals surface area contributed by atoms with Crippen molar-refractivity contribution in [1.82, 2.24) is 4.31 Å². The van der Waals surface area contributed by atoms with Crippen LogP contribution in [0.15, 0.2) is 53.4 Å². The summed E-state index contributed by atoms with van der Waals surface area (Å²) in [5, 5.41) is 5.60. The highest BCUT2D eigenvalue weighted by Gasteiger charge is 2.29. The molecule has 2 amide bonds. The lowest BCUT2D eigenvalue weighted by atomic mass is 10.2. The summed E-state index contributed by atoms with van der Waals surface area (Å²) in [6.07, 6.45) is 5.69. The predicted molar refractivity (Wildman–Crippen MR) is 119 cm³/mol. The van der Waals surface area contributed by atoms with E-state index in [-0.39, 0.29) is 22.6 Å². The number of carbonyl (C=O) groups is 2. The third-order valence-electron chi connectivity index (χ3n) is 5.66. The van der Waals surface area contributed by atoms with Crippen LogP contribution in [0.3, 0.4) is 0 Å². The molecule has 1 heterocycles. The number of nitrogens with zero attached hydrogens (tertiary/aromatic N) is 1. The Kier molecular flexibility index (Phi) is 6.38. The average molecular weight is 442 g/mol. The highest BCUT2D eigenvalue weighted by molar-refractivity contribution is 7.89. The first-order valence-electron chi connectivity index (χ1n) is 10.8. The van der Waals surface area contributed by atoms with Crippen LogP contribution < -0.4 is 10.6 Å². The van der Waals surface area contributed by atoms with Crippen molar-refractivity contribution in [2.45, 2.75) is 43.4 Å². The van der Waals surface area contributed by atoms with Crippen molar-refractivity contribution in [1.29, 1.82) is 0 Å². The molecule has 0 radical (unpaired) electrons. The van der Waals surface area contributed by atoms with Crippen LogP contribution in [0.4, 0.5) is 11.4 Å². The second kappa shape index (κ2) is 9.20. The molecule has 1 aliphatic heterocycles. The van der Waals surface area contributed by atoms with Gasteiger partial charge in [0.05, 0.1) is 4.90 Å². The van der Waals surface area contributed by atoms with Crippen LogP contribution >= 0.6 is 0 Å². The van der Waals surface area contributed by atoms with Gasteiger partial charge in [0.2, 0.25) is 15.9 Å². The number of nitrogens with one attached hydrogen (secondary N) is 2. The van der Waals surface area contributed by atoms with E-state index in [4.69, 9.17) is 0 Å². The lowest BCUT2D eigenvalue weighted by Crippen LogP contribution is -2.32. The van der Waals surface area contributed by atoms with E-state index in [1.165, 1.54) is 10.4 Å². The summed E-state index contributed by atoms with van der Waals surface area (Å²) in [7, 11) is -3.59. The Bertz CT molecular complexity index is 1050. The van der Waals surface area contributed by atoms with Crippen molar-refractivity contribution in [3.05, 3.63) is 54.1 Å². The van der Waals surface area contributed by atoms with Gasteiger partial charge in [0.25, 0.3) is 5.91 Å². The normalized spacial score (nSPS) is 17.5. The van der Waals surface area contributed by atoms with E-state index < -0.39 is 10.0 Å². The number of carbonyl (C=O) groups excluding carboxylic acids is 2. The molecule has 2 aliphatic rings. The molecule has 31 heavy (non-hydrogen) atoms. The van der Waals surface area contributed by atoms with Crippen LogP contribution in [0.1, 0.15) is 48.9 Å². The second-order valence-corrected chi connectivity index (χ2v) is 10.1. The third-order valence-corrected chi connectivity index (χ3v) is 7.55. The van der Waals surface area contributed by atoms with Crippen molar-refractivity contribution in [3.8, 4) is 0 Å². The number of hydrogen-bond donors (Lipinski definition) is 2. The maximum atomic E-state index is 13.0.